The Kier molecular flexibility index (Phi) is 3.20. The number of fused-ring (bicyclic) bond motifs is 1. The zero-order chi connectivity index (χ0) is 15.9. The quantitative estimate of drug-likeness (QED) is 0.505. The van der Waals surface area contributed by atoms with E-state index in [0.29, 0.717) is 5.75 Å². The molecule has 0 unspecified atom stereocenters. The number of rotatable bonds is 2. The Morgan fingerprint density at radius 2 is 1.70 bits per heavy atom. The van der Waals surface area contributed by atoms with Crippen molar-refractivity contribution in [1.82, 2.24) is 0 Å². The van der Waals surface area contributed by atoms with Gasteiger partial charge in [-0.15, -0.1) is 0 Å². The van der Waals surface area contributed by atoms with Crippen LogP contribution in [0.1, 0.15) is 16.7 Å². The van der Waals surface area contributed by atoms with E-state index in [1.807, 2.05) is 24.3 Å². The van der Waals surface area contributed by atoms with Crippen LogP contribution in [0.15, 0.2) is 73.7 Å². The van der Waals surface area contributed by atoms with Crippen LogP contribution in [0.3, 0.4) is 0 Å². The maximum absolute atomic E-state index is 11.9. The number of aliphatic imine (C=N–C) groups is 1. The Labute approximate surface area is 139 Å². The highest BCUT2D eigenvalue weighted by Gasteiger charge is 2.42. The van der Waals surface area contributed by atoms with E-state index < -0.39 is 11.5 Å². The minimum atomic E-state index is -0.981. The van der Waals surface area contributed by atoms with Gasteiger partial charge in [-0.05, 0) is 30.3 Å². The van der Waals surface area contributed by atoms with Crippen molar-refractivity contribution < 1.29 is 18.4 Å². The van der Waals surface area contributed by atoms with Crippen molar-refractivity contribution >= 4 is 28.1 Å². The molecule has 0 fully saturated rings. The summed E-state index contributed by atoms with van der Waals surface area (Å²) in [6.07, 6.45) is 7.53. The third-order valence-electron chi connectivity index (χ3n) is 3.78. The predicted octanol–water partition coefficient (Wildman–Crippen LogP) is 3.92. The van der Waals surface area contributed by atoms with E-state index in [9.17, 15) is 4.79 Å². The van der Waals surface area contributed by atoms with Crippen LogP contribution in [-0.2, 0) is 10.3 Å². The van der Waals surface area contributed by atoms with Crippen LogP contribution in [-0.4, -0.2) is 12.2 Å². The van der Waals surface area contributed by atoms with Gasteiger partial charge in [-0.1, -0.05) is 15.9 Å². The maximum Gasteiger partial charge on any atom is 0.354 e. The summed E-state index contributed by atoms with van der Waals surface area (Å²) in [5.74, 6) is -0.0828. The molecule has 114 valence electrons. The molecule has 23 heavy (non-hydrogen) atoms. The molecule has 0 aliphatic carbocycles. The Morgan fingerprint density at radius 3 is 2.30 bits per heavy atom. The van der Waals surface area contributed by atoms with Crippen molar-refractivity contribution in [3.05, 3.63) is 76.5 Å². The van der Waals surface area contributed by atoms with E-state index in [4.69, 9.17) is 13.6 Å². The van der Waals surface area contributed by atoms with Crippen molar-refractivity contribution in [2.75, 3.05) is 0 Å². The van der Waals surface area contributed by atoms with Crippen molar-refractivity contribution in [3.63, 3.8) is 0 Å². The van der Waals surface area contributed by atoms with E-state index in [0.717, 1.165) is 21.2 Å². The average Bonchev–Trinajstić information content (AvgIpc) is 3.22. The molecule has 0 saturated heterocycles. The van der Waals surface area contributed by atoms with Gasteiger partial charge in [-0.25, -0.2) is 4.79 Å². The largest absolute Gasteiger partial charge is 0.472 e. The molecule has 2 aromatic heterocycles. The van der Waals surface area contributed by atoms with Crippen molar-refractivity contribution in [1.29, 1.82) is 0 Å². The van der Waals surface area contributed by atoms with E-state index in [1.165, 1.54) is 6.21 Å². The Bertz CT molecular complexity index is 847. The van der Waals surface area contributed by atoms with Gasteiger partial charge in [0.1, 0.15) is 17.5 Å². The molecule has 1 aromatic carbocycles. The molecule has 1 aliphatic rings. The molecule has 0 bridgehead atoms. The lowest BCUT2D eigenvalue weighted by Gasteiger charge is -2.28. The molecule has 6 heteroatoms. The number of esters is 1. The lowest BCUT2D eigenvalue weighted by molar-refractivity contribution is -0.126. The first-order chi connectivity index (χ1) is 11.2. The first-order valence-electron chi connectivity index (χ1n) is 6.82. The number of ether oxygens (including phenoxy) is 1. The van der Waals surface area contributed by atoms with Gasteiger partial charge >= 0.3 is 5.97 Å². The third kappa shape index (κ3) is 2.14. The highest BCUT2D eigenvalue weighted by molar-refractivity contribution is 9.10. The smallest absolute Gasteiger partial charge is 0.354 e. The number of carbonyl (C=O) groups excluding carboxylic acids is 1. The van der Waals surface area contributed by atoms with Crippen LogP contribution in [0.2, 0.25) is 0 Å². The molecule has 3 aromatic rings. The first-order valence-corrected chi connectivity index (χ1v) is 7.62. The van der Waals surface area contributed by atoms with E-state index in [1.54, 1.807) is 31.1 Å². The van der Waals surface area contributed by atoms with E-state index >= 15 is 0 Å². The number of nitrogens with zero attached hydrogens (tertiary/aromatic N) is 1. The maximum atomic E-state index is 11.9. The number of hydrogen-bond donors (Lipinski definition) is 0. The number of halogens is 1. The fourth-order valence-corrected chi connectivity index (χ4v) is 3.16. The number of furan rings is 2. The first kappa shape index (κ1) is 14.0. The molecule has 0 spiro atoms. The number of hydrogen-bond acceptors (Lipinski definition) is 5. The van der Waals surface area contributed by atoms with Crippen LogP contribution in [0.25, 0.3) is 0 Å². The topological polar surface area (TPSA) is 64.9 Å². The van der Waals surface area contributed by atoms with E-state index in [2.05, 4.69) is 20.9 Å². The second kappa shape index (κ2) is 5.24. The second-order valence-corrected chi connectivity index (χ2v) is 5.97. The third-order valence-corrected chi connectivity index (χ3v) is 4.28. The minimum Gasteiger partial charge on any atom is -0.472 e. The van der Waals surface area contributed by atoms with Crippen LogP contribution < -0.4 is 4.74 Å². The zero-order valence-corrected chi connectivity index (χ0v) is 13.3. The molecule has 5 nitrogen and oxygen atoms in total. The molecule has 3 heterocycles. The summed E-state index contributed by atoms with van der Waals surface area (Å²) in [5.41, 5.74) is 1.28. The minimum absolute atomic E-state index is 0.443. The molecule has 0 amide bonds. The Hall–Kier alpha value is -2.60. The highest BCUT2D eigenvalue weighted by Crippen LogP contribution is 2.46. The van der Waals surface area contributed by atoms with Gasteiger partial charge < -0.3 is 13.6 Å². The summed E-state index contributed by atoms with van der Waals surface area (Å²) in [6.45, 7) is 0. The molecule has 4 rings (SSSR count). The summed E-state index contributed by atoms with van der Waals surface area (Å²) in [5, 5.41) is 0. The second-order valence-electron chi connectivity index (χ2n) is 5.05. The normalized spacial score (nSPS) is 15.8. The Balaban J connectivity index is 2.11. The van der Waals surface area contributed by atoms with Crippen molar-refractivity contribution in [2.24, 2.45) is 4.99 Å². The fourth-order valence-electron chi connectivity index (χ4n) is 2.80. The van der Waals surface area contributed by atoms with Gasteiger partial charge in [0.2, 0.25) is 0 Å². The van der Waals surface area contributed by atoms with Crippen molar-refractivity contribution in [3.8, 4) is 5.75 Å². The van der Waals surface area contributed by atoms with Gasteiger partial charge in [0.05, 0.1) is 25.1 Å². The summed E-state index contributed by atoms with van der Waals surface area (Å²) < 4.78 is 16.8. The highest BCUT2D eigenvalue weighted by atomic mass is 79.9. The van der Waals surface area contributed by atoms with Crippen LogP contribution >= 0.6 is 15.9 Å². The van der Waals surface area contributed by atoms with Crippen LogP contribution in [0.4, 0.5) is 0 Å². The summed E-state index contributed by atoms with van der Waals surface area (Å²) in [7, 11) is 0. The van der Waals surface area contributed by atoms with Crippen LogP contribution in [0, 0.1) is 0 Å². The van der Waals surface area contributed by atoms with Crippen LogP contribution in [0.5, 0.6) is 5.75 Å². The van der Waals surface area contributed by atoms with Gasteiger partial charge in [-0.2, -0.15) is 0 Å². The lowest BCUT2D eigenvalue weighted by Crippen LogP contribution is -2.26. The molecular weight excluding hydrogens is 362 g/mol. The fraction of sp³-hybridized carbons (Fsp3) is 0.0588. The monoisotopic (exact) mass is 371 g/mol. The molecule has 0 radical (unpaired) electrons. The summed E-state index contributed by atoms with van der Waals surface area (Å²) in [6, 6.07) is 9.05. The van der Waals surface area contributed by atoms with Gasteiger partial charge in [0.25, 0.3) is 0 Å². The molecule has 1 aliphatic heterocycles. The summed E-state index contributed by atoms with van der Waals surface area (Å²) >= 11 is 3.47. The van der Waals surface area contributed by atoms with E-state index in [-0.39, 0.29) is 0 Å². The average molecular weight is 372 g/mol. The number of benzene rings is 1. The lowest BCUT2D eigenvalue weighted by atomic mass is 9.79. The van der Waals surface area contributed by atoms with Crippen molar-refractivity contribution in [2.45, 2.75) is 5.54 Å². The Morgan fingerprint density at radius 1 is 1.00 bits per heavy atom. The molecule has 0 atom stereocenters. The van der Waals surface area contributed by atoms with Gasteiger partial charge in [-0.3, -0.25) is 4.99 Å². The molecule has 0 saturated carbocycles. The predicted molar refractivity (Wildman–Crippen MR) is 85.6 cm³/mol. The zero-order valence-electron chi connectivity index (χ0n) is 11.7. The van der Waals surface area contributed by atoms with Gasteiger partial charge in [0, 0.05) is 21.2 Å². The number of carbonyl (C=O) groups is 1. The standard InChI is InChI=1S/C17H10BrNO4/c18-13-1-2-15-14(7-13)17(11-3-5-21-9-11,12-4-6-22-10-12)19-8-16(20)23-15/h1-10H. The summed E-state index contributed by atoms with van der Waals surface area (Å²) in [4.78, 5) is 16.5. The van der Waals surface area contributed by atoms with Gasteiger partial charge in [0.15, 0.2) is 0 Å². The SMILES string of the molecule is O=C1C=NC(c2ccoc2)(c2ccoc2)c2cc(Br)ccc2O1. The molecule has 0 N–H and O–H groups in total. The molecular formula is C17H10BrNO4.